The Morgan fingerprint density at radius 2 is 1.86 bits per heavy atom. The van der Waals surface area contributed by atoms with E-state index in [0.29, 0.717) is 17.3 Å². The molecule has 0 spiro atoms. The molecule has 190 valence electrons. The van der Waals surface area contributed by atoms with E-state index in [2.05, 4.69) is 20.1 Å². The lowest BCUT2D eigenvalue weighted by molar-refractivity contribution is 0.256. The number of pyridine rings is 1. The van der Waals surface area contributed by atoms with Crippen molar-refractivity contribution in [1.82, 2.24) is 19.5 Å². The Hall–Kier alpha value is -4.18. The average molecular weight is 518 g/mol. The first-order valence-electron chi connectivity index (χ1n) is 12.0. The first kappa shape index (κ1) is 24.5. The van der Waals surface area contributed by atoms with Gasteiger partial charge in [0.05, 0.1) is 5.69 Å². The second kappa shape index (κ2) is 10.1. The number of aromatic nitrogens is 3. The molecule has 0 bridgehead atoms. The van der Waals surface area contributed by atoms with Gasteiger partial charge in [0.2, 0.25) is 5.88 Å². The van der Waals surface area contributed by atoms with Crippen LogP contribution < -0.4 is 14.8 Å². The largest absolute Gasteiger partial charge is 0.439 e. The van der Waals surface area contributed by atoms with Gasteiger partial charge in [0.25, 0.3) is 10.0 Å². The van der Waals surface area contributed by atoms with Crippen molar-refractivity contribution in [3.63, 3.8) is 0 Å². The zero-order valence-corrected chi connectivity index (χ0v) is 21.3. The van der Waals surface area contributed by atoms with Gasteiger partial charge < -0.3 is 10.1 Å². The van der Waals surface area contributed by atoms with E-state index in [1.165, 1.54) is 10.7 Å². The molecule has 1 aliphatic carbocycles. The first-order valence-corrected chi connectivity index (χ1v) is 13.5. The SMILES string of the molecule is CC(C)n1ccc(S(=O)(=O)NC(=O)Nc2c(-c3ccnc(Oc4ccccc4)c3)ccc3c2CCC3)n1. The number of para-hydroxylation sites is 1. The minimum atomic E-state index is -4.15. The number of benzene rings is 2. The van der Waals surface area contributed by atoms with Crippen LogP contribution in [0.1, 0.15) is 37.4 Å². The number of anilines is 1. The summed E-state index contributed by atoms with van der Waals surface area (Å²) in [6.07, 6.45) is 5.84. The van der Waals surface area contributed by atoms with Crippen LogP contribution in [0.2, 0.25) is 0 Å². The zero-order valence-electron chi connectivity index (χ0n) is 20.5. The number of nitrogens with one attached hydrogen (secondary N) is 2. The summed E-state index contributed by atoms with van der Waals surface area (Å²) < 4.78 is 35.1. The number of ether oxygens (including phenoxy) is 1. The molecular weight excluding hydrogens is 490 g/mol. The molecule has 0 atom stereocenters. The van der Waals surface area contributed by atoms with Crippen molar-refractivity contribution in [2.75, 3.05) is 5.32 Å². The van der Waals surface area contributed by atoms with Crippen LogP contribution in [0.4, 0.5) is 10.5 Å². The molecular formula is C27H27N5O4S. The molecule has 10 heteroatoms. The predicted octanol–water partition coefficient (Wildman–Crippen LogP) is 5.32. The number of hydrogen-bond acceptors (Lipinski definition) is 6. The average Bonchev–Trinajstić information content (AvgIpc) is 3.56. The molecule has 2 amide bonds. The van der Waals surface area contributed by atoms with Gasteiger partial charge in [-0.2, -0.15) is 13.5 Å². The Balaban J connectivity index is 1.43. The van der Waals surface area contributed by atoms with Crippen LogP contribution in [0.25, 0.3) is 11.1 Å². The molecule has 2 N–H and O–H groups in total. The van der Waals surface area contributed by atoms with Gasteiger partial charge in [0.1, 0.15) is 5.75 Å². The summed E-state index contributed by atoms with van der Waals surface area (Å²) in [5, 5.41) is 6.67. The number of urea groups is 1. The van der Waals surface area contributed by atoms with Crippen LogP contribution in [0.5, 0.6) is 11.6 Å². The fourth-order valence-corrected chi connectivity index (χ4v) is 5.20. The quantitative estimate of drug-likeness (QED) is 0.343. The van der Waals surface area contributed by atoms with E-state index < -0.39 is 16.1 Å². The Kier molecular flexibility index (Phi) is 6.66. The van der Waals surface area contributed by atoms with Gasteiger partial charge in [-0.05, 0) is 74.1 Å². The number of rotatable bonds is 7. The van der Waals surface area contributed by atoms with Crippen LogP contribution >= 0.6 is 0 Å². The summed E-state index contributed by atoms with van der Waals surface area (Å²) in [5.41, 5.74) is 4.23. The highest BCUT2D eigenvalue weighted by atomic mass is 32.2. The molecule has 2 aromatic carbocycles. The molecule has 37 heavy (non-hydrogen) atoms. The first-order chi connectivity index (χ1) is 17.8. The van der Waals surface area contributed by atoms with Crippen LogP contribution in [-0.4, -0.2) is 29.2 Å². The smallest absolute Gasteiger partial charge is 0.333 e. The topological polar surface area (TPSA) is 115 Å². The number of carbonyl (C=O) groups excluding carboxylic acids is 1. The Morgan fingerprint density at radius 3 is 2.62 bits per heavy atom. The molecule has 0 radical (unpaired) electrons. The number of aryl methyl sites for hydroxylation is 1. The summed E-state index contributed by atoms with van der Waals surface area (Å²) in [6.45, 7) is 3.77. The van der Waals surface area contributed by atoms with E-state index in [1.54, 1.807) is 18.5 Å². The Bertz CT molecular complexity index is 1550. The molecule has 9 nitrogen and oxygen atoms in total. The van der Waals surface area contributed by atoms with E-state index in [1.807, 2.05) is 62.4 Å². The Labute approximate surface area is 215 Å². The minimum absolute atomic E-state index is 0.0108. The van der Waals surface area contributed by atoms with Gasteiger partial charge in [0.15, 0.2) is 5.03 Å². The highest BCUT2D eigenvalue weighted by Gasteiger charge is 2.25. The second-order valence-electron chi connectivity index (χ2n) is 9.06. The van der Waals surface area contributed by atoms with Crippen molar-refractivity contribution in [1.29, 1.82) is 0 Å². The molecule has 0 saturated carbocycles. The fraction of sp³-hybridized carbons (Fsp3) is 0.222. The molecule has 1 aliphatic rings. The van der Waals surface area contributed by atoms with Crippen LogP contribution in [0.3, 0.4) is 0 Å². The fourth-order valence-electron chi connectivity index (χ4n) is 4.36. The van der Waals surface area contributed by atoms with Gasteiger partial charge >= 0.3 is 6.03 Å². The highest BCUT2D eigenvalue weighted by Crippen LogP contribution is 2.38. The van der Waals surface area contributed by atoms with Gasteiger partial charge in [-0.1, -0.05) is 30.3 Å². The normalized spacial score (nSPS) is 12.8. The summed E-state index contributed by atoms with van der Waals surface area (Å²) in [4.78, 5) is 17.3. The van der Waals surface area contributed by atoms with E-state index in [0.717, 1.165) is 41.5 Å². The van der Waals surface area contributed by atoms with Crippen LogP contribution in [0.15, 0.2) is 78.1 Å². The molecule has 2 aromatic heterocycles. The number of amides is 2. The minimum Gasteiger partial charge on any atom is -0.439 e. The zero-order chi connectivity index (χ0) is 26.0. The second-order valence-corrected chi connectivity index (χ2v) is 10.7. The number of hydrogen-bond donors (Lipinski definition) is 2. The van der Waals surface area contributed by atoms with Crippen molar-refractivity contribution in [3.8, 4) is 22.8 Å². The summed E-state index contributed by atoms with van der Waals surface area (Å²) in [7, 11) is -4.15. The third-order valence-corrected chi connectivity index (χ3v) is 7.37. The summed E-state index contributed by atoms with van der Waals surface area (Å²) >= 11 is 0. The third kappa shape index (κ3) is 5.34. The van der Waals surface area contributed by atoms with Crippen LogP contribution in [-0.2, 0) is 22.9 Å². The van der Waals surface area contributed by atoms with Crippen molar-refractivity contribution in [2.45, 2.75) is 44.2 Å². The van der Waals surface area contributed by atoms with E-state index in [-0.39, 0.29) is 11.1 Å². The van der Waals surface area contributed by atoms with Gasteiger partial charge in [0, 0.05) is 30.1 Å². The number of nitrogens with zero attached hydrogens (tertiary/aromatic N) is 3. The Morgan fingerprint density at radius 1 is 1.05 bits per heavy atom. The van der Waals surface area contributed by atoms with Crippen molar-refractivity contribution < 1.29 is 17.9 Å². The monoisotopic (exact) mass is 517 g/mol. The summed E-state index contributed by atoms with van der Waals surface area (Å²) in [5.74, 6) is 1.06. The predicted molar refractivity (Wildman–Crippen MR) is 140 cm³/mol. The van der Waals surface area contributed by atoms with Crippen molar-refractivity contribution >= 4 is 21.7 Å². The number of sulfonamides is 1. The maximum Gasteiger partial charge on any atom is 0.333 e. The lowest BCUT2D eigenvalue weighted by atomic mass is 9.98. The van der Waals surface area contributed by atoms with Crippen molar-refractivity contribution in [3.05, 3.63) is 84.2 Å². The van der Waals surface area contributed by atoms with Gasteiger partial charge in [-0.15, -0.1) is 0 Å². The number of carbonyl (C=O) groups is 1. The highest BCUT2D eigenvalue weighted by molar-refractivity contribution is 7.90. The molecule has 4 aromatic rings. The van der Waals surface area contributed by atoms with E-state index in [9.17, 15) is 13.2 Å². The molecule has 5 rings (SSSR count). The van der Waals surface area contributed by atoms with E-state index >= 15 is 0 Å². The lowest BCUT2D eigenvalue weighted by Crippen LogP contribution is -2.35. The van der Waals surface area contributed by atoms with E-state index in [4.69, 9.17) is 4.74 Å². The lowest BCUT2D eigenvalue weighted by Gasteiger charge is -2.17. The van der Waals surface area contributed by atoms with Gasteiger partial charge in [-0.3, -0.25) is 4.68 Å². The molecule has 0 fully saturated rings. The molecule has 0 saturated heterocycles. The van der Waals surface area contributed by atoms with Gasteiger partial charge in [-0.25, -0.2) is 14.5 Å². The van der Waals surface area contributed by atoms with Crippen LogP contribution in [0, 0.1) is 0 Å². The number of fused-ring (bicyclic) bond motifs is 1. The maximum atomic E-state index is 13.0. The third-order valence-electron chi connectivity index (χ3n) is 6.15. The standard InChI is InChI=1S/C27H27N5O4S/c1-18(2)32-16-14-25(30-32)37(34,35)31-27(33)29-26-22-10-6-7-19(22)11-12-23(26)20-13-15-28-24(17-20)36-21-8-4-3-5-9-21/h3-5,8-9,11-18H,6-7,10H2,1-2H3,(H2,29,31,33). The summed E-state index contributed by atoms with van der Waals surface area (Å²) in [6, 6.07) is 17.4. The molecule has 0 aliphatic heterocycles. The van der Waals surface area contributed by atoms with Crippen molar-refractivity contribution in [2.24, 2.45) is 0 Å². The maximum absolute atomic E-state index is 13.0. The molecule has 2 heterocycles. The molecule has 0 unspecified atom stereocenters.